The van der Waals surface area contributed by atoms with E-state index in [1.54, 1.807) is 0 Å². The third-order valence-corrected chi connectivity index (χ3v) is 1.33. The van der Waals surface area contributed by atoms with Gasteiger partial charge in [0.05, 0.1) is 0 Å². The Kier molecular flexibility index (Phi) is 19.3. The van der Waals surface area contributed by atoms with E-state index in [0.29, 0.717) is 0 Å². The SMILES string of the molecule is C.C.CC.CN1CCCC1. The predicted molar refractivity (Wildman–Crippen MR) is 51.5 cm³/mol. The molecule has 0 aliphatic carbocycles. The van der Waals surface area contributed by atoms with Gasteiger partial charge in [0.2, 0.25) is 0 Å². The van der Waals surface area contributed by atoms with Gasteiger partial charge in [0.25, 0.3) is 0 Å². The minimum absolute atomic E-state index is 0. The first-order valence-electron chi connectivity index (χ1n) is 3.58. The predicted octanol–water partition coefficient (Wildman–Crippen LogP) is 3.01. The third-order valence-electron chi connectivity index (χ3n) is 1.33. The van der Waals surface area contributed by atoms with E-state index >= 15 is 0 Å². The van der Waals surface area contributed by atoms with E-state index in [2.05, 4.69) is 11.9 Å². The van der Waals surface area contributed by atoms with E-state index in [9.17, 15) is 0 Å². The first kappa shape index (κ1) is 16.5. The van der Waals surface area contributed by atoms with Crippen LogP contribution in [0.5, 0.6) is 0 Å². The van der Waals surface area contributed by atoms with Gasteiger partial charge in [-0.2, -0.15) is 0 Å². The van der Waals surface area contributed by atoms with E-state index in [1.165, 1.54) is 25.9 Å². The summed E-state index contributed by atoms with van der Waals surface area (Å²) in [6, 6.07) is 0. The minimum Gasteiger partial charge on any atom is -0.306 e. The monoisotopic (exact) mass is 147 g/mol. The third kappa shape index (κ3) is 7.96. The van der Waals surface area contributed by atoms with Gasteiger partial charge in [-0.15, -0.1) is 0 Å². The van der Waals surface area contributed by atoms with Crippen LogP contribution in [0.4, 0.5) is 0 Å². The lowest BCUT2D eigenvalue weighted by molar-refractivity contribution is 0.418. The smallest absolute Gasteiger partial charge is 0.00213 e. The molecule has 1 nitrogen and oxygen atoms in total. The molecule has 0 atom stereocenters. The summed E-state index contributed by atoms with van der Waals surface area (Å²) in [6.07, 6.45) is 2.83. The van der Waals surface area contributed by atoms with Crippen LogP contribution in [0, 0.1) is 0 Å². The molecule has 1 rings (SSSR count). The molecule has 1 fully saturated rings. The van der Waals surface area contributed by atoms with Gasteiger partial charge in [-0.3, -0.25) is 0 Å². The van der Waals surface area contributed by atoms with Crippen LogP contribution in [0.25, 0.3) is 0 Å². The Labute approximate surface area is 67.4 Å². The maximum absolute atomic E-state index is 2.36. The maximum atomic E-state index is 2.36. The molecule has 0 N–H and O–H groups in total. The zero-order valence-electron chi connectivity index (χ0n) is 6.28. The van der Waals surface area contributed by atoms with Gasteiger partial charge in [0.15, 0.2) is 0 Å². The molecule has 0 unspecified atom stereocenters. The van der Waals surface area contributed by atoms with Crippen molar-refractivity contribution < 1.29 is 0 Å². The van der Waals surface area contributed by atoms with E-state index < -0.39 is 0 Å². The highest BCUT2D eigenvalue weighted by Crippen LogP contribution is 2.01. The van der Waals surface area contributed by atoms with Gasteiger partial charge in [-0.1, -0.05) is 28.7 Å². The molecule has 0 amide bonds. The Hall–Kier alpha value is -0.0400. The number of rotatable bonds is 0. The Morgan fingerprint density at radius 3 is 1.30 bits per heavy atom. The molecule has 1 aliphatic heterocycles. The van der Waals surface area contributed by atoms with Crippen LogP contribution in [-0.4, -0.2) is 25.0 Å². The van der Waals surface area contributed by atoms with E-state index in [1.807, 2.05) is 13.8 Å². The Bertz CT molecular complexity index is 38.0. The molecule has 1 heteroatoms. The second-order valence-electron chi connectivity index (χ2n) is 2.01. The largest absolute Gasteiger partial charge is 0.306 e. The molecular weight excluding hydrogens is 122 g/mol. The van der Waals surface area contributed by atoms with Crippen LogP contribution in [0.3, 0.4) is 0 Å². The summed E-state index contributed by atoms with van der Waals surface area (Å²) in [4.78, 5) is 2.36. The molecule has 0 aromatic heterocycles. The lowest BCUT2D eigenvalue weighted by Gasteiger charge is -2.01. The summed E-state index contributed by atoms with van der Waals surface area (Å²) in [6.45, 7) is 6.64. The molecule has 0 radical (unpaired) electrons. The topological polar surface area (TPSA) is 3.24 Å². The zero-order valence-corrected chi connectivity index (χ0v) is 6.28. The molecule has 0 aromatic rings. The molecular formula is C9H25N. The average molecular weight is 147 g/mol. The van der Waals surface area contributed by atoms with E-state index in [0.717, 1.165) is 0 Å². The van der Waals surface area contributed by atoms with Crippen molar-refractivity contribution in [2.75, 3.05) is 20.1 Å². The summed E-state index contributed by atoms with van der Waals surface area (Å²) in [5, 5.41) is 0. The van der Waals surface area contributed by atoms with Crippen molar-refractivity contribution in [2.24, 2.45) is 0 Å². The van der Waals surface area contributed by atoms with Crippen molar-refractivity contribution in [2.45, 2.75) is 41.5 Å². The van der Waals surface area contributed by atoms with Crippen molar-refractivity contribution in [3.05, 3.63) is 0 Å². The lowest BCUT2D eigenvalue weighted by atomic mass is 10.4. The quantitative estimate of drug-likeness (QED) is 0.509. The van der Waals surface area contributed by atoms with E-state index in [-0.39, 0.29) is 14.9 Å². The molecule has 0 bridgehead atoms. The fourth-order valence-electron chi connectivity index (χ4n) is 0.875. The highest BCUT2D eigenvalue weighted by atomic mass is 15.1. The molecule has 1 saturated heterocycles. The highest BCUT2D eigenvalue weighted by molar-refractivity contribution is 4.59. The fraction of sp³-hybridized carbons (Fsp3) is 1.00. The standard InChI is InChI=1S/C5H11N.C2H6.2CH4/c1-6-4-2-3-5-6;1-2;;/h2-5H2,1H3;1-2H3;2*1H4. The fourth-order valence-corrected chi connectivity index (χ4v) is 0.875. The lowest BCUT2D eigenvalue weighted by Crippen LogP contribution is -2.10. The van der Waals surface area contributed by atoms with Crippen molar-refractivity contribution in [3.8, 4) is 0 Å². The van der Waals surface area contributed by atoms with Crippen LogP contribution in [0.2, 0.25) is 0 Å². The Balaban J connectivity index is -0.000000114. The number of hydrogen-bond donors (Lipinski definition) is 0. The van der Waals surface area contributed by atoms with Gasteiger partial charge in [-0.05, 0) is 33.0 Å². The van der Waals surface area contributed by atoms with Crippen molar-refractivity contribution in [1.82, 2.24) is 4.90 Å². The normalized spacial score (nSPS) is 15.9. The van der Waals surface area contributed by atoms with Gasteiger partial charge in [0, 0.05) is 0 Å². The number of hydrogen-bond acceptors (Lipinski definition) is 1. The molecule has 0 spiro atoms. The van der Waals surface area contributed by atoms with Crippen LogP contribution in [0.15, 0.2) is 0 Å². The molecule has 0 saturated carbocycles. The first-order chi connectivity index (χ1) is 3.89. The molecule has 0 aromatic carbocycles. The van der Waals surface area contributed by atoms with Crippen LogP contribution in [-0.2, 0) is 0 Å². The van der Waals surface area contributed by atoms with Crippen LogP contribution in [0.1, 0.15) is 41.5 Å². The van der Waals surface area contributed by atoms with Crippen molar-refractivity contribution >= 4 is 0 Å². The molecule has 1 aliphatic rings. The highest BCUT2D eigenvalue weighted by Gasteiger charge is 2.03. The maximum Gasteiger partial charge on any atom is -0.00213 e. The van der Waals surface area contributed by atoms with Gasteiger partial charge < -0.3 is 4.90 Å². The van der Waals surface area contributed by atoms with Gasteiger partial charge >= 0.3 is 0 Å². The minimum atomic E-state index is 0. The van der Waals surface area contributed by atoms with Gasteiger partial charge in [0.1, 0.15) is 0 Å². The molecule has 66 valence electrons. The van der Waals surface area contributed by atoms with Crippen LogP contribution >= 0.6 is 0 Å². The molecule has 10 heavy (non-hydrogen) atoms. The average Bonchev–Trinajstić information content (AvgIpc) is 2.24. The Morgan fingerprint density at radius 1 is 0.900 bits per heavy atom. The Morgan fingerprint density at radius 2 is 1.20 bits per heavy atom. The number of nitrogens with zero attached hydrogens (tertiary/aromatic N) is 1. The van der Waals surface area contributed by atoms with Crippen LogP contribution < -0.4 is 0 Å². The summed E-state index contributed by atoms with van der Waals surface area (Å²) in [5.41, 5.74) is 0. The molecule has 1 heterocycles. The first-order valence-corrected chi connectivity index (χ1v) is 3.58. The summed E-state index contributed by atoms with van der Waals surface area (Å²) in [5.74, 6) is 0. The zero-order chi connectivity index (χ0) is 6.41. The second kappa shape index (κ2) is 11.7. The summed E-state index contributed by atoms with van der Waals surface area (Å²) >= 11 is 0. The summed E-state index contributed by atoms with van der Waals surface area (Å²) < 4.78 is 0. The summed E-state index contributed by atoms with van der Waals surface area (Å²) in [7, 11) is 2.17. The van der Waals surface area contributed by atoms with E-state index in [4.69, 9.17) is 0 Å². The van der Waals surface area contributed by atoms with Crippen molar-refractivity contribution in [3.63, 3.8) is 0 Å². The number of likely N-dealkylation sites (tertiary alicyclic amines) is 1. The van der Waals surface area contributed by atoms with Gasteiger partial charge in [-0.25, -0.2) is 0 Å². The van der Waals surface area contributed by atoms with Crippen molar-refractivity contribution in [1.29, 1.82) is 0 Å². The second-order valence-corrected chi connectivity index (χ2v) is 2.01.